The summed E-state index contributed by atoms with van der Waals surface area (Å²) < 4.78 is 49.4. The van der Waals surface area contributed by atoms with Crippen LogP contribution < -0.4 is 9.47 Å². The number of rotatable bonds is 3. The minimum Gasteiger partial charge on any atom is -0.489 e. The van der Waals surface area contributed by atoms with Crippen LogP contribution in [0, 0.1) is 5.41 Å². The van der Waals surface area contributed by atoms with Gasteiger partial charge in [0.25, 0.3) is 0 Å². The number of ether oxygens (including phenoxy) is 2. The van der Waals surface area contributed by atoms with Gasteiger partial charge >= 0.3 is 12.3 Å². The number of pyridine rings is 1. The fraction of sp³-hybridized carbons (Fsp3) is 0.429. The molecule has 1 saturated heterocycles. The first-order chi connectivity index (χ1) is 14.6. The van der Waals surface area contributed by atoms with Gasteiger partial charge in [-0.2, -0.15) is 13.2 Å². The van der Waals surface area contributed by atoms with E-state index in [0.717, 1.165) is 37.9 Å². The highest BCUT2D eigenvalue weighted by molar-refractivity contribution is 6.34. The summed E-state index contributed by atoms with van der Waals surface area (Å²) in [5, 5.41) is 1.06. The number of piperidine rings is 1. The van der Waals surface area contributed by atoms with Gasteiger partial charge in [-0.15, -0.1) is 0 Å². The maximum atomic E-state index is 12.8. The van der Waals surface area contributed by atoms with E-state index >= 15 is 0 Å². The Morgan fingerprint density at radius 2 is 1.84 bits per heavy atom. The van der Waals surface area contributed by atoms with Crippen LogP contribution in [0.2, 0.25) is 10.0 Å². The third kappa shape index (κ3) is 5.01. The smallest absolute Gasteiger partial charge is 0.418 e. The fourth-order valence-corrected chi connectivity index (χ4v) is 4.43. The Bertz CT molecular complexity index is 971. The normalized spacial score (nSPS) is 18.5. The third-order valence-electron chi connectivity index (χ3n) is 5.84. The van der Waals surface area contributed by atoms with Gasteiger partial charge in [0, 0.05) is 30.4 Å². The van der Waals surface area contributed by atoms with Crippen molar-refractivity contribution in [1.82, 2.24) is 9.88 Å². The molecule has 1 aliphatic carbocycles. The number of alkyl halides is 3. The zero-order valence-corrected chi connectivity index (χ0v) is 17.8. The molecule has 0 unspecified atom stereocenters. The quantitative estimate of drug-likeness (QED) is 0.528. The second-order valence-corrected chi connectivity index (χ2v) is 8.83. The average Bonchev–Trinajstić information content (AvgIpc) is 2.69. The van der Waals surface area contributed by atoms with Gasteiger partial charge in [-0.25, -0.2) is 4.79 Å². The molecule has 0 radical (unpaired) electrons. The lowest BCUT2D eigenvalue weighted by molar-refractivity contribution is -0.137. The monoisotopic (exact) mass is 474 g/mol. The number of halogens is 5. The molecule has 1 spiro atoms. The molecule has 1 amide bonds. The van der Waals surface area contributed by atoms with Crippen LogP contribution in [0.25, 0.3) is 0 Å². The summed E-state index contributed by atoms with van der Waals surface area (Å²) in [6.45, 7) is 0.936. The second-order valence-electron chi connectivity index (χ2n) is 7.98. The first kappa shape index (κ1) is 22.0. The highest BCUT2D eigenvalue weighted by Gasteiger charge is 2.48. The summed E-state index contributed by atoms with van der Waals surface area (Å²) in [6.07, 6.45) is -0.184. The highest BCUT2D eigenvalue weighted by Crippen LogP contribution is 2.51. The van der Waals surface area contributed by atoms with Crippen LogP contribution in [-0.2, 0) is 6.18 Å². The molecule has 2 heterocycles. The minimum atomic E-state index is -4.55. The molecule has 1 aromatic carbocycles. The largest absolute Gasteiger partial charge is 0.489 e. The van der Waals surface area contributed by atoms with Crippen LogP contribution >= 0.6 is 23.2 Å². The van der Waals surface area contributed by atoms with Crippen molar-refractivity contribution in [3.05, 3.63) is 52.3 Å². The van der Waals surface area contributed by atoms with Gasteiger partial charge in [-0.05, 0) is 49.3 Å². The van der Waals surface area contributed by atoms with E-state index in [1.54, 1.807) is 18.2 Å². The lowest BCUT2D eigenvalue weighted by Crippen LogP contribution is -2.52. The standard InChI is InChI=1S/C21H19Cl2F3N2O3/c22-14-1-2-17(23)18(8-14)30-16-9-20(10-16)3-5-28(6-4-20)19(29)31-15-7-13(11-27-12-15)21(24,25)26/h1-2,7-8,11-12,16H,3-6,9-10H2. The number of carbonyl (C=O) groups excluding carboxylic acids is 1. The summed E-state index contributed by atoms with van der Waals surface area (Å²) in [5.74, 6) is 0.334. The number of hydrogen-bond donors (Lipinski definition) is 0. The molecule has 1 aliphatic heterocycles. The molecule has 10 heteroatoms. The van der Waals surface area contributed by atoms with E-state index < -0.39 is 17.8 Å². The summed E-state index contributed by atoms with van der Waals surface area (Å²) in [4.78, 5) is 17.4. The van der Waals surface area contributed by atoms with Crippen LogP contribution in [0.5, 0.6) is 11.5 Å². The first-order valence-corrected chi connectivity index (χ1v) is 10.5. The van der Waals surface area contributed by atoms with Gasteiger partial charge < -0.3 is 14.4 Å². The zero-order chi connectivity index (χ0) is 22.2. The van der Waals surface area contributed by atoms with Crippen LogP contribution in [0.15, 0.2) is 36.7 Å². The highest BCUT2D eigenvalue weighted by atomic mass is 35.5. The van der Waals surface area contributed by atoms with Crippen LogP contribution in [0.1, 0.15) is 31.2 Å². The van der Waals surface area contributed by atoms with Gasteiger partial charge in [0.05, 0.1) is 22.9 Å². The van der Waals surface area contributed by atoms with Crippen molar-refractivity contribution in [2.75, 3.05) is 13.1 Å². The van der Waals surface area contributed by atoms with Crippen molar-refractivity contribution in [2.24, 2.45) is 5.41 Å². The van der Waals surface area contributed by atoms with Gasteiger partial charge in [0.1, 0.15) is 5.75 Å². The average molecular weight is 475 g/mol. The number of hydrogen-bond acceptors (Lipinski definition) is 4. The molecule has 31 heavy (non-hydrogen) atoms. The molecule has 0 N–H and O–H groups in total. The number of amides is 1. The Hall–Kier alpha value is -2.19. The molecule has 2 fully saturated rings. The molecule has 0 bridgehead atoms. The lowest BCUT2D eigenvalue weighted by atomic mass is 9.61. The molecule has 1 saturated carbocycles. The number of likely N-dealkylation sites (tertiary alicyclic amines) is 1. The van der Waals surface area contributed by atoms with Gasteiger partial charge in [0.15, 0.2) is 5.75 Å². The van der Waals surface area contributed by atoms with E-state index in [2.05, 4.69) is 4.98 Å². The molecule has 4 rings (SSSR count). The zero-order valence-electron chi connectivity index (χ0n) is 16.3. The van der Waals surface area contributed by atoms with E-state index in [-0.39, 0.29) is 17.3 Å². The molecule has 2 aromatic rings. The molecule has 5 nitrogen and oxygen atoms in total. The molecule has 0 atom stereocenters. The third-order valence-corrected chi connectivity index (χ3v) is 6.38. The number of benzene rings is 1. The minimum absolute atomic E-state index is 0.0330. The number of aromatic nitrogens is 1. The topological polar surface area (TPSA) is 51.7 Å². The SMILES string of the molecule is O=C(Oc1cncc(C(F)(F)F)c1)N1CCC2(CC1)CC(Oc1cc(Cl)ccc1Cl)C2. The fourth-order valence-electron chi connectivity index (χ4n) is 4.10. The number of nitrogens with zero attached hydrogens (tertiary/aromatic N) is 2. The Morgan fingerprint density at radius 3 is 2.52 bits per heavy atom. The van der Waals surface area contributed by atoms with Crippen molar-refractivity contribution in [2.45, 2.75) is 38.0 Å². The predicted molar refractivity (Wildman–Crippen MR) is 109 cm³/mol. The molecule has 166 valence electrons. The van der Waals surface area contributed by atoms with E-state index in [1.807, 2.05) is 0 Å². The Kier molecular flexibility index (Phi) is 5.96. The van der Waals surface area contributed by atoms with E-state index in [4.69, 9.17) is 32.7 Å². The summed E-state index contributed by atoms with van der Waals surface area (Å²) in [5.41, 5.74) is -0.875. The van der Waals surface area contributed by atoms with E-state index in [1.165, 1.54) is 4.90 Å². The Labute approximate surface area is 187 Å². The summed E-state index contributed by atoms with van der Waals surface area (Å²) in [7, 11) is 0. The first-order valence-electron chi connectivity index (χ1n) is 9.74. The maximum Gasteiger partial charge on any atom is 0.418 e. The number of carbonyl (C=O) groups is 1. The van der Waals surface area contributed by atoms with Crippen LogP contribution in [0.3, 0.4) is 0 Å². The molecule has 2 aliphatic rings. The Balaban J connectivity index is 1.28. The van der Waals surface area contributed by atoms with Crippen molar-refractivity contribution in [3.8, 4) is 11.5 Å². The summed E-state index contributed by atoms with van der Waals surface area (Å²) >= 11 is 12.1. The van der Waals surface area contributed by atoms with Crippen molar-refractivity contribution < 1.29 is 27.4 Å². The van der Waals surface area contributed by atoms with Crippen molar-refractivity contribution in [1.29, 1.82) is 0 Å². The van der Waals surface area contributed by atoms with Gasteiger partial charge in [-0.1, -0.05) is 23.2 Å². The lowest BCUT2D eigenvalue weighted by Gasteiger charge is -2.51. The van der Waals surface area contributed by atoms with Crippen LogP contribution in [0.4, 0.5) is 18.0 Å². The second kappa shape index (κ2) is 8.39. The molecular formula is C21H19Cl2F3N2O3. The van der Waals surface area contributed by atoms with Crippen molar-refractivity contribution >= 4 is 29.3 Å². The van der Waals surface area contributed by atoms with Crippen molar-refractivity contribution in [3.63, 3.8) is 0 Å². The molecule has 1 aromatic heterocycles. The molecular weight excluding hydrogens is 456 g/mol. The predicted octanol–water partition coefficient (Wildman–Crippen LogP) is 6.23. The van der Waals surface area contributed by atoms with E-state index in [9.17, 15) is 18.0 Å². The Morgan fingerprint density at radius 1 is 1.13 bits per heavy atom. The maximum absolute atomic E-state index is 12.8. The van der Waals surface area contributed by atoms with E-state index in [0.29, 0.717) is 35.1 Å². The van der Waals surface area contributed by atoms with Crippen LogP contribution in [-0.4, -0.2) is 35.2 Å². The summed E-state index contributed by atoms with van der Waals surface area (Å²) in [6, 6.07) is 5.85. The van der Waals surface area contributed by atoms with Gasteiger partial charge in [-0.3, -0.25) is 4.98 Å². The van der Waals surface area contributed by atoms with Gasteiger partial charge in [0.2, 0.25) is 0 Å².